The van der Waals surface area contributed by atoms with Crippen LogP contribution in [0.1, 0.15) is 17.7 Å². The number of rotatable bonds is 8. The monoisotopic (exact) mass is 374 g/mol. The van der Waals surface area contributed by atoms with Gasteiger partial charge in [0.1, 0.15) is 0 Å². The number of hydrogen-bond donors (Lipinski definition) is 1. The minimum atomic E-state index is -0.422. The van der Waals surface area contributed by atoms with Crippen LogP contribution in [0.4, 0.5) is 0 Å². The highest BCUT2D eigenvalue weighted by Crippen LogP contribution is 2.23. The number of ether oxygens (including phenoxy) is 2. The first kappa shape index (κ1) is 18.6. The molecule has 2 aliphatic rings. The van der Waals surface area contributed by atoms with Crippen molar-refractivity contribution in [2.45, 2.75) is 31.6 Å². The summed E-state index contributed by atoms with van der Waals surface area (Å²) in [5.74, 6) is 0. The molecular formula is C17H27ClN2O3S. The third-order valence-electron chi connectivity index (χ3n) is 4.58. The molecule has 1 aromatic rings. The number of aliphatic hydroxyl groups excluding tert-OH is 1. The van der Waals surface area contributed by atoms with Crippen molar-refractivity contribution >= 4 is 22.9 Å². The summed E-state index contributed by atoms with van der Waals surface area (Å²) in [6.45, 7) is 7.53. The first-order chi connectivity index (χ1) is 11.7. The van der Waals surface area contributed by atoms with Gasteiger partial charge in [0.2, 0.25) is 0 Å². The molecule has 136 valence electrons. The molecule has 1 N–H and O–H groups in total. The first-order valence-electron chi connectivity index (χ1n) is 8.75. The van der Waals surface area contributed by atoms with Crippen LogP contribution in [0.15, 0.2) is 12.1 Å². The summed E-state index contributed by atoms with van der Waals surface area (Å²) in [6, 6.07) is 4.07. The second kappa shape index (κ2) is 9.48. The number of thiophene rings is 1. The van der Waals surface area contributed by atoms with E-state index in [1.54, 1.807) is 11.3 Å². The molecule has 2 aliphatic heterocycles. The lowest BCUT2D eigenvalue weighted by Crippen LogP contribution is -2.48. The number of nitrogens with zero attached hydrogens (tertiary/aromatic N) is 2. The summed E-state index contributed by atoms with van der Waals surface area (Å²) >= 11 is 7.64. The van der Waals surface area contributed by atoms with Crippen LogP contribution in [0, 0.1) is 0 Å². The maximum atomic E-state index is 10.1. The van der Waals surface area contributed by atoms with Crippen molar-refractivity contribution in [3.63, 3.8) is 0 Å². The van der Waals surface area contributed by atoms with E-state index in [1.807, 2.05) is 6.07 Å². The lowest BCUT2D eigenvalue weighted by molar-refractivity contribution is -0.0287. The molecule has 0 aliphatic carbocycles. The molecule has 1 aromatic heterocycles. The van der Waals surface area contributed by atoms with Gasteiger partial charge < -0.3 is 14.6 Å². The van der Waals surface area contributed by atoms with Crippen molar-refractivity contribution in [2.75, 3.05) is 52.5 Å². The highest BCUT2D eigenvalue weighted by molar-refractivity contribution is 7.16. The molecule has 0 radical (unpaired) electrons. The van der Waals surface area contributed by atoms with E-state index < -0.39 is 6.10 Å². The molecule has 0 saturated carbocycles. The summed E-state index contributed by atoms with van der Waals surface area (Å²) in [7, 11) is 0. The number of piperazine rings is 1. The van der Waals surface area contributed by atoms with E-state index in [1.165, 1.54) is 4.88 Å². The van der Waals surface area contributed by atoms with Crippen molar-refractivity contribution < 1.29 is 14.6 Å². The van der Waals surface area contributed by atoms with Gasteiger partial charge in [0.25, 0.3) is 0 Å². The van der Waals surface area contributed by atoms with E-state index in [2.05, 4.69) is 15.9 Å². The molecule has 3 heterocycles. The number of hydrogen-bond acceptors (Lipinski definition) is 6. The van der Waals surface area contributed by atoms with Crippen LogP contribution < -0.4 is 0 Å². The molecule has 2 atom stereocenters. The normalized spacial score (nSPS) is 24.5. The molecule has 24 heavy (non-hydrogen) atoms. The second-order valence-corrected chi connectivity index (χ2v) is 8.41. The Bertz CT molecular complexity index is 488. The molecule has 2 fully saturated rings. The van der Waals surface area contributed by atoms with Crippen molar-refractivity contribution in [1.29, 1.82) is 0 Å². The number of halogens is 1. The first-order valence-corrected chi connectivity index (χ1v) is 9.95. The van der Waals surface area contributed by atoms with Crippen LogP contribution in [0.5, 0.6) is 0 Å². The van der Waals surface area contributed by atoms with E-state index in [9.17, 15) is 5.11 Å². The summed E-state index contributed by atoms with van der Waals surface area (Å²) in [6.07, 6.45) is 2.01. The Balaban J connectivity index is 1.28. The molecule has 0 aromatic carbocycles. The van der Waals surface area contributed by atoms with E-state index in [0.29, 0.717) is 19.8 Å². The Morgan fingerprint density at radius 3 is 2.75 bits per heavy atom. The van der Waals surface area contributed by atoms with Gasteiger partial charge in [-0.1, -0.05) is 11.6 Å². The van der Waals surface area contributed by atoms with E-state index in [4.69, 9.17) is 21.1 Å². The van der Waals surface area contributed by atoms with Gasteiger partial charge in [0, 0.05) is 50.8 Å². The summed E-state index contributed by atoms with van der Waals surface area (Å²) in [5.41, 5.74) is 0. The predicted molar refractivity (Wildman–Crippen MR) is 96.8 cm³/mol. The quantitative estimate of drug-likeness (QED) is 0.754. The summed E-state index contributed by atoms with van der Waals surface area (Å²) in [5, 5.41) is 10.1. The zero-order valence-electron chi connectivity index (χ0n) is 14.0. The van der Waals surface area contributed by atoms with Crippen molar-refractivity contribution in [2.24, 2.45) is 0 Å². The Labute approximate surface area is 153 Å². The molecule has 2 unspecified atom stereocenters. The Hall–Kier alpha value is -0.210. The third-order valence-corrected chi connectivity index (χ3v) is 5.80. The fourth-order valence-corrected chi connectivity index (χ4v) is 4.38. The van der Waals surface area contributed by atoms with Crippen LogP contribution in [0.25, 0.3) is 0 Å². The van der Waals surface area contributed by atoms with Crippen LogP contribution in [-0.2, 0) is 16.0 Å². The molecular weight excluding hydrogens is 348 g/mol. The van der Waals surface area contributed by atoms with Gasteiger partial charge >= 0.3 is 0 Å². The van der Waals surface area contributed by atoms with E-state index in [0.717, 1.165) is 56.5 Å². The van der Waals surface area contributed by atoms with Gasteiger partial charge in [-0.3, -0.25) is 9.80 Å². The predicted octanol–water partition coefficient (Wildman–Crippen LogP) is 2.08. The maximum absolute atomic E-state index is 10.1. The zero-order chi connectivity index (χ0) is 16.8. The van der Waals surface area contributed by atoms with Crippen molar-refractivity contribution in [1.82, 2.24) is 9.80 Å². The van der Waals surface area contributed by atoms with Gasteiger partial charge in [-0.15, -0.1) is 11.3 Å². The fourth-order valence-electron chi connectivity index (χ4n) is 3.25. The van der Waals surface area contributed by atoms with Crippen LogP contribution in [0.2, 0.25) is 4.34 Å². The van der Waals surface area contributed by atoms with Gasteiger partial charge in [0.05, 0.1) is 29.8 Å². The number of aliphatic hydroxyl groups is 1. The third kappa shape index (κ3) is 5.95. The maximum Gasteiger partial charge on any atom is 0.0931 e. The van der Waals surface area contributed by atoms with Gasteiger partial charge in [-0.2, -0.15) is 0 Å². The molecule has 2 saturated heterocycles. The standard InChI is InChI=1S/C17H27ClN2O3S/c18-17-4-3-16(24-17)11-20-7-5-19(6-8-20)10-14(21)12-22-13-15-2-1-9-23-15/h3-4,14-15,21H,1-2,5-13H2. The van der Waals surface area contributed by atoms with Crippen LogP contribution in [0.3, 0.4) is 0 Å². The van der Waals surface area contributed by atoms with E-state index in [-0.39, 0.29) is 6.10 Å². The summed E-state index contributed by atoms with van der Waals surface area (Å²) in [4.78, 5) is 6.08. The van der Waals surface area contributed by atoms with Crippen molar-refractivity contribution in [3.05, 3.63) is 21.3 Å². The molecule has 3 rings (SSSR count). The van der Waals surface area contributed by atoms with Gasteiger partial charge in [0.15, 0.2) is 0 Å². The second-order valence-electron chi connectivity index (χ2n) is 6.61. The lowest BCUT2D eigenvalue weighted by Gasteiger charge is -2.35. The van der Waals surface area contributed by atoms with Crippen molar-refractivity contribution in [3.8, 4) is 0 Å². The lowest BCUT2D eigenvalue weighted by atomic mass is 10.2. The minimum absolute atomic E-state index is 0.228. The van der Waals surface area contributed by atoms with Crippen LogP contribution in [-0.4, -0.2) is 79.7 Å². The highest BCUT2D eigenvalue weighted by Gasteiger charge is 2.21. The minimum Gasteiger partial charge on any atom is -0.389 e. The smallest absolute Gasteiger partial charge is 0.0931 e. The average molecular weight is 375 g/mol. The molecule has 7 heteroatoms. The van der Waals surface area contributed by atoms with Gasteiger partial charge in [-0.25, -0.2) is 0 Å². The molecule has 0 bridgehead atoms. The average Bonchev–Trinajstić information content (AvgIpc) is 3.21. The summed E-state index contributed by atoms with van der Waals surface area (Å²) < 4.78 is 12.0. The van der Waals surface area contributed by atoms with Crippen LogP contribution >= 0.6 is 22.9 Å². The number of β-amino-alcohol motifs (C(OH)–C–C–N with tert-alkyl or cyclic N) is 1. The topological polar surface area (TPSA) is 45.2 Å². The Morgan fingerprint density at radius 1 is 1.29 bits per heavy atom. The SMILES string of the molecule is OC(COCC1CCCO1)CN1CCN(Cc2ccc(Cl)s2)CC1. The largest absolute Gasteiger partial charge is 0.389 e. The Morgan fingerprint density at radius 2 is 2.08 bits per heavy atom. The molecule has 0 spiro atoms. The zero-order valence-corrected chi connectivity index (χ0v) is 15.6. The van der Waals surface area contributed by atoms with Gasteiger partial charge in [-0.05, 0) is 25.0 Å². The molecule has 5 nitrogen and oxygen atoms in total. The Kier molecular flexibility index (Phi) is 7.34. The highest BCUT2D eigenvalue weighted by atomic mass is 35.5. The molecule has 0 amide bonds. The fraction of sp³-hybridized carbons (Fsp3) is 0.765. The van der Waals surface area contributed by atoms with E-state index >= 15 is 0 Å².